The number of benzene rings is 3. The highest BCUT2D eigenvalue weighted by Crippen LogP contribution is 2.45. The predicted molar refractivity (Wildman–Crippen MR) is 266 cm³/mol. The second-order valence-corrected chi connectivity index (χ2v) is 23.7. The molecule has 2 aromatic heterocycles. The number of carbonyl (C=O) groups is 1. The van der Waals surface area contributed by atoms with Gasteiger partial charge in [-0.15, -0.1) is 0 Å². The van der Waals surface area contributed by atoms with Crippen LogP contribution in [0.15, 0.2) is 89.6 Å². The van der Waals surface area contributed by atoms with Crippen molar-refractivity contribution < 1.29 is 49.2 Å². The molecule has 1 unspecified atom stereocenters. The number of nitro benzene ring substituents is 1. The number of halogens is 3. The Morgan fingerprint density at radius 3 is 2.49 bits per heavy atom. The number of amides is 1. The predicted octanol–water partition coefficient (Wildman–Crippen LogP) is 8.49. The van der Waals surface area contributed by atoms with Crippen LogP contribution in [0.5, 0.6) is 11.5 Å². The molecule has 22 heteroatoms. The molecule has 9 rings (SSSR count). The van der Waals surface area contributed by atoms with Crippen LogP contribution in [0.3, 0.4) is 0 Å². The molecule has 0 bridgehead atoms. The molecule has 1 saturated carbocycles. The van der Waals surface area contributed by atoms with Gasteiger partial charge in [-0.3, -0.25) is 19.8 Å². The lowest BCUT2D eigenvalue weighted by molar-refractivity contribution is -0.384. The van der Waals surface area contributed by atoms with E-state index in [1.54, 1.807) is 43.5 Å². The molecule has 1 amide bonds. The Morgan fingerprint density at radius 1 is 1.00 bits per heavy atom. The lowest BCUT2D eigenvalue weighted by Gasteiger charge is -2.39. The van der Waals surface area contributed by atoms with Crippen LogP contribution >= 0.6 is 0 Å². The van der Waals surface area contributed by atoms with Crippen molar-refractivity contribution in [3.63, 3.8) is 0 Å². The normalized spacial score (nSPS) is 19.5. The van der Waals surface area contributed by atoms with E-state index in [9.17, 15) is 44.9 Å². The van der Waals surface area contributed by atoms with Gasteiger partial charge in [0.25, 0.3) is 21.6 Å². The van der Waals surface area contributed by atoms with Crippen LogP contribution in [-0.2, 0) is 31.0 Å². The zero-order valence-electron chi connectivity index (χ0n) is 40.1. The summed E-state index contributed by atoms with van der Waals surface area (Å²) in [6.45, 7) is 9.71. The van der Waals surface area contributed by atoms with Gasteiger partial charge in [0, 0.05) is 81.8 Å². The fourth-order valence-electron chi connectivity index (χ4n) is 9.85. The minimum Gasteiger partial charge on any atom is -0.455 e. The maximum Gasteiger partial charge on any atom is 0.416 e. The van der Waals surface area contributed by atoms with Gasteiger partial charge < -0.3 is 24.7 Å². The maximum absolute atomic E-state index is 14.0. The summed E-state index contributed by atoms with van der Waals surface area (Å²) in [5.74, 6) is -0.754. The van der Waals surface area contributed by atoms with Crippen LogP contribution in [0.25, 0.3) is 16.6 Å². The number of aromatic amines is 1. The fourth-order valence-corrected chi connectivity index (χ4v) is 12.9. The third-order valence-corrected chi connectivity index (χ3v) is 17.9. The largest absolute Gasteiger partial charge is 0.455 e. The SMILES string of the molecule is Cc1cc(C(F)(F)F)ccc1C1=C(CN2CCN(c3ccc(C(=O)NS(=O)(=O)c4ccc(NCC5CN(S(=O)(=O)C6CCC6)CCO5)c([N+](=O)[O-])c4)c(Oc4cnc5[nH]ccc5c4)c3)CC2)CCC(C)(C)C1. The van der Waals surface area contributed by atoms with Crippen molar-refractivity contribution in [3.8, 4) is 11.5 Å². The second-order valence-electron chi connectivity index (χ2n) is 19.8. The minimum absolute atomic E-state index is 0.00602. The molecule has 3 N–H and O–H groups in total. The van der Waals surface area contributed by atoms with Gasteiger partial charge in [-0.25, -0.2) is 26.5 Å². The first-order chi connectivity index (χ1) is 34.1. The highest BCUT2D eigenvalue weighted by Gasteiger charge is 2.39. The van der Waals surface area contributed by atoms with Gasteiger partial charge in [0.1, 0.15) is 22.8 Å². The monoisotopic (exact) mass is 1030 g/mol. The van der Waals surface area contributed by atoms with E-state index in [1.165, 1.54) is 40.3 Å². The Kier molecular flexibility index (Phi) is 14.2. The number of nitro groups is 1. The second kappa shape index (κ2) is 20.1. The highest BCUT2D eigenvalue weighted by atomic mass is 32.2. The highest BCUT2D eigenvalue weighted by molar-refractivity contribution is 7.90. The number of carbonyl (C=O) groups excluding carboxylic acids is 1. The molecule has 72 heavy (non-hydrogen) atoms. The Labute approximate surface area is 416 Å². The number of nitrogens with zero attached hydrogens (tertiary/aromatic N) is 5. The van der Waals surface area contributed by atoms with E-state index in [0.717, 1.165) is 54.3 Å². The summed E-state index contributed by atoms with van der Waals surface area (Å²) in [5, 5.41) is 15.5. The molecule has 0 spiro atoms. The van der Waals surface area contributed by atoms with Crippen LogP contribution < -0.4 is 19.7 Å². The number of allylic oxidation sites excluding steroid dienone is 1. The average Bonchev–Trinajstić information content (AvgIpc) is 3.79. The summed E-state index contributed by atoms with van der Waals surface area (Å²) in [4.78, 5) is 36.9. The van der Waals surface area contributed by atoms with Crippen LogP contribution in [0.2, 0.25) is 0 Å². The van der Waals surface area contributed by atoms with E-state index in [1.807, 2.05) is 0 Å². The van der Waals surface area contributed by atoms with Crippen molar-refractivity contribution in [2.45, 2.75) is 81.7 Å². The lowest BCUT2D eigenvalue weighted by Crippen LogP contribution is -2.51. The van der Waals surface area contributed by atoms with Crippen LogP contribution in [-0.4, -0.2) is 117 Å². The van der Waals surface area contributed by atoms with Crippen molar-refractivity contribution in [3.05, 3.63) is 117 Å². The van der Waals surface area contributed by atoms with E-state index >= 15 is 0 Å². The van der Waals surface area contributed by atoms with Gasteiger partial charge in [0.2, 0.25) is 10.0 Å². The third kappa shape index (κ3) is 11.1. The van der Waals surface area contributed by atoms with Crippen molar-refractivity contribution in [2.24, 2.45) is 5.41 Å². The summed E-state index contributed by atoms with van der Waals surface area (Å²) < 4.78 is 110. The number of anilines is 2. The summed E-state index contributed by atoms with van der Waals surface area (Å²) >= 11 is 0. The van der Waals surface area contributed by atoms with Gasteiger partial charge in [-0.2, -0.15) is 17.5 Å². The number of alkyl halides is 3. The molecule has 2 aliphatic heterocycles. The number of hydrogen-bond donors (Lipinski definition) is 3. The number of rotatable bonds is 15. The molecule has 5 aromatic rings. The molecule has 0 radical (unpaired) electrons. The van der Waals surface area contributed by atoms with Crippen LogP contribution in [0, 0.1) is 22.5 Å². The number of aryl methyl sites for hydroxylation is 1. The number of pyridine rings is 1. The molecule has 3 aromatic carbocycles. The zero-order chi connectivity index (χ0) is 51.2. The molecule has 1 atom stereocenters. The number of H-pyrrole nitrogens is 1. The summed E-state index contributed by atoms with van der Waals surface area (Å²) in [6, 6.07) is 15.5. The van der Waals surface area contributed by atoms with E-state index in [2.05, 4.69) is 43.7 Å². The maximum atomic E-state index is 14.0. The van der Waals surface area contributed by atoms with Crippen molar-refractivity contribution in [1.29, 1.82) is 0 Å². The minimum atomic E-state index is -4.71. The fraction of sp³-hybridized carbons (Fsp3) is 0.440. The Morgan fingerprint density at radius 2 is 1.78 bits per heavy atom. The van der Waals surface area contributed by atoms with Gasteiger partial charge in [0.15, 0.2) is 0 Å². The van der Waals surface area contributed by atoms with E-state index in [4.69, 9.17) is 9.47 Å². The number of fused-ring (bicyclic) bond motifs is 1. The zero-order valence-corrected chi connectivity index (χ0v) is 41.8. The first-order valence-corrected chi connectivity index (χ1v) is 26.9. The molecular formula is C50H57F3N8O9S2. The van der Waals surface area contributed by atoms with E-state index in [0.29, 0.717) is 62.5 Å². The number of nitrogens with one attached hydrogen (secondary N) is 3. The van der Waals surface area contributed by atoms with Gasteiger partial charge in [0.05, 0.1) is 45.1 Å². The molecule has 17 nitrogen and oxygen atoms in total. The summed E-state index contributed by atoms with van der Waals surface area (Å²) in [6.07, 6.45) is 2.75. The standard InChI is InChI=1S/C50H57F3N8O9S2/c1-32-23-35(50(51,52)53)7-10-41(32)43-27-49(2,3)15-13-34(43)30-58-17-19-59(20-18-58)36-8-11-42(46(25-36)70-37-24-33-14-16-54-47(33)56-28-37)48(62)57-71(65,66)40-9-12-44(45(26-40)61(63)64)55-29-38-31-60(21-22-69-38)72(67,68)39-5-4-6-39/h7-12,14,16,23-26,28,38-39,55H,4-6,13,15,17-22,27,29-31H2,1-3H3,(H,54,56)(H,57,62). The summed E-state index contributed by atoms with van der Waals surface area (Å²) in [7, 11) is -8.20. The first-order valence-electron chi connectivity index (χ1n) is 23.9. The Bertz CT molecular complexity index is 3150. The van der Waals surface area contributed by atoms with E-state index < -0.39 is 64.6 Å². The third-order valence-electron chi connectivity index (χ3n) is 14.2. The lowest BCUT2D eigenvalue weighted by atomic mass is 9.72. The molecule has 2 aliphatic carbocycles. The molecular weight excluding hydrogens is 978 g/mol. The smallest absolute Gasteiger partial charge is 0.416 e. The molecule has 4 aliphatic rings. The molecule has 4 heterocycles. The first kappa shape index (κ1) is 50.9. The van der Waals surface area contributed by atoms with Gasteiger partial charge in [-0.05, 0) is 110 Å². The van der Waals surface area contributed by atoms with Crippen LogP contribution in [0.4, 0.5) is 30.2 Å². The Hall–Kier alpha value is -6.07. The Balaban J connectivity index is 0.907. The quantitative estimate of drug-likeness (QED) is 0.0665. The molecule has 2 saturated heterocycles. The van der Waals surface area contributed by atoms with Crippen molar-refractivity contribution in [2.75, 3.05) is 69.2 Å². The van der Waals surface area contributed by atoms with Crippen LogP contribution in [0.1, 0.15) is 79.4 Å². The number of morpholine rings is 1. The number of aromatic nitrogens is 2. The van der Waals surface area contributed by atoms with Crippen molar-refractivity contribution >= 4 is 59.6 Å². The number of sulfonamides is 2. The number of hydrogen-bond acceptors (Lipinski definition) is 13. The van der Waals surface area contributed by atoms with Crippen molar-refractivity contribution in [1.82, 2.24) is 23.9 Å². The average molecular weight is 1040 g/mol. The number of ether oxygens (including phenoxy) is 2. The molecule has 3 fully saturated rings. The van der Waals surface area contributed by atoms with E-state index in [-0.39, 0.29) is 54.4 Å². The van der Waals surface area contributed by atoms with Gasteiger partial charge in [-0.1, -0.05) is 31.9 Å². The molecule has 384 valence electrons. The summed E-state index contributed by atoms with van der Waals surface area (Å²) in [5.41, 5.74) is 3.65. The number of piperazine rings is 1. The topological polar surface area (TPSA) is 209 Å². The van der Waals surface area contributed by atoms with Gasteiger partial charge >= 0.3 is 6.18 Å².